The van der Waals surface area contributed by atoms with E-state index in [4.69, 9.17) is 34.8 Å². The molecule has 2 rings (SSSR count). The van der Waals surface area contributed by atoms with E-state index in [1.165, 1.54) is 12.3 Å². The Labute approximate surface area is 154 Å². The largest absolute Gasteiger partial charge is 0.445 e. The molecule has 6 nitrogen and oxygen atoms in total. The van der Waals surface area contributed by atoms with Crippen LogP contribution in [0.25, 0.3) is 5.69 Å². The maximum absolute atomic E-state index is 12.9. The quantitative estimate of drug-likeness (QED) is 0.746. The Kier molecular flexibility index (Phi) is 5.70. The second-order valence-electron chi connectivity index (χ2n) is 4.80. The van der Waals surface area contributed by atoms with Crippen molar-refractivity contribution in [2.24, 2.45) is 0 Å². The van der Waals surface area contributed by atoms with Gasteiger partial charge in [0.25, 0.3) is 0 Å². The van der Waals surface area contributed by atoms with Crippen molar-refractivity contribution >= 4 is 46.7 Å². The van der Waals surface area contributed by atoms with E-state index in [0.29, 0.717) is 11.8 Å². The minimum absolute atomic E-state index is 0.206. The fourth-order valence-corrected chi connectivity index (χ4v) is 1.84. The lowest BCUT2D eigenvalue weighted by Gasteiger charge is -2.12. The highest BCUT2D eigenvalue weighted by Crippen LogP contribution is 2.31. The number of halogens is 6. The molecule has 136 valence electrons. The summed E-state index contributed by atoms with van der Waals surface area (Å²) in [5.41, 5.74) is -0.342. The van der Waals surface area contributed by atoms with Crippen LogP contribution in [0.4, 0.5) is 23.8 Å². The number of hydrogen-bond donors (Lipinski definition) is 1. The third-order valence-corrected chi connectivity index (χ3v) is 3.06. The highest BCUT2D eigenvalue weighted by Gasteiger charge is 2.35. The zero-order chi connectivity index (χ0) is 18.8. The minimum Gasteiger partial charge on any atom is -0.445 e. The van der Waals surface area contributed by atoms with Crippen molar-refractivity contribution < 1.29 is 22.7 Å². The number of nitrogens with one attached hydrogen (secondary N) is 1. The van der Waals surface area contributed by atoms with E-state index in [0.717, 1.165) is 4.68 Å². The van der Waals surface area contributed by atoms with Crippen molar-refractivity contribution in [1.29, 1.82) is 0 Å². The van der Waals surface area contributed by atoms with Crippen LogP contribution in [0.3, 0.4) is 0 Å². The first kappa shape index (κ1) is 19.6. The van der Waals surface area contributed by atoms with Gasteiger partial charge in [0.15, 0.2) is 5.69 Å². The molecule has 2 aromatic heterocycles. The smallest absolute Gasteiger partial charge is 0.435 e. The van der Waals surface area contributed by atoms with Crippen LogP contribution < -0.4 is 5.32 Å². The number of anilines is 1. The Morgan fingerprint density at radius 2 is 2.00 bits per heavy atom. The normalized spacial score (nSPS) is 12.1. The molecule has 25 heavy (non-hydrogen) atoms. The van der Waals surface area contributed by atoms with Crippen LogP contribution in [0.2, 0.25) is 0 Å². The Morgan fingerprint density at radius 1 is 1.32 bits per heavy atom. The number of ether oxygens (including phenoxy) is 1. The molecule has 0 saturated carbocycles. The number of carbonyl (C=O) groups excluding carboxylic acids is 1. The topological polar surface area (TPSA) is 69.0 Å². The number of amides is 1. The monoisotopic (exact) mass is 416 g/mol. The summed E-state index contributed by atoms with van der Waals surface area (Å²) in [4.78, 5) is 15.7. The molecule has 2 aromatic rings. The van der Waals surface area contributed by atoms with Gasteiger partial charge in [-0.3, -0.25) is 10.3 Å². The Balaban J connectivity index is 2.30. The molecule has 0 atom stereocenters. The zero-order valence-electron chi connectivity index (χ0n) is 12.4. The van der Waals surface area contributed by atoms with E-state index in [1.807, 2.05) is 0 Å². The summed E-state index contributed by atoms with van der Waals surface area (Å²) in [6.45, 7) is 1.12. The molecule has 1 N–H and O–H groups in total. The highest BCUT2D eigenvalue weighted by molar-refractivity contribution is 6.67. The average molecular weight is 418 g/mol. The third-order valence-electron chi connectivity index (χ3n) is 2.74. The molecule has 0 spiro atoms. The maximum Gasteiger partial charge on any atom is 0.435 e. The molecule has 0 aliphatic heterocycles. The first-order valence-electron chi connectivity index (χ1n) is 6.56. The minimum atomic E-state index is -4.71. The standard InChI is InChI=1S/C13H10Cl3F3N4O2/c1-7-2-3-8(5-20-7)23-10(4-9(22-23)13(17,18)19)21-11(24)25-6-12(14,15)16/h2-5H,6H2,1H3,(H,21,24). The van der Waals surface area contributed by atoms with E-state index >= 15 is 0 Å². The summed E-state index contributed by atoms with van der Waals surface area (Å²) < 4.78 is 42.4. The Hall–Kier alpha value is -1.71. The molecule has 0 saturated heterocycles. The molecule has 0 radical (unpaired) electrons. The maximum atomic E-state index is 12.9. The number of hydrogen-bond acceptors (Lipinski definition) is 4. The first-order chi connectivity index (χ1) is 11.5. The van der Waals surface area contributed by atoms with Crippen molar-refractivity contribution in [3.8, 4) is 5.69 Å². The summed E-state index contributed by atoms with van der Waals surface area (Å²) >= 11 is 16.3. The van der Waals surface area contributed by atoms with Crippen LogP contribution in [0, 0.1) is 6.92 Å². The molecule has 12 heteroatoms. The van der Waals surface area contributed by atoms with Gasteiger partial charge in [-0.15, -0.1) is 0 Å². The van der Waals surface area contributed by atoms with Gasteiger partial charge >= 0.3 is 12.3 Å². The van der Waals surface area contributed by atoms with Gasteiger partial charge in [-0.25, -0.2) is 9.48 Å². The van der Waals surface area contributed by atoms with Crippen molar-refractivity contribution in [2.45, 2.75) is 16.9 Å². The Bertz CT molecular complexity index is 757. The second kappa shape index (κ2) is 7.27. The van der Waals surface area contributed by atoms with Gasteiger partial charge in [-0.1, -0.05) is 34.8 Å². The van der Waals surface area contributed by atoms with Crippen molar-refractivity contribution in [1.82, 2.24) is 14.8 Å². The number of pyridine rings is 1. The predicted molar refractivity (Wildman–Crippen MR) is 86.4 cm³/mol. The van der Waals surface area contributed by atoms with Crippen molar-refractivity contribution in [2.75, 3.05) is 11.9 Å². The van der Waals surface area contributed by atoms with Crippen LogP contribution in [0.1, 0.15) is 11.4 Å². The number of aromatic nitrogens is 3. The number of aryl methyl sites for hydroxylation is 1. The summed E-state index contributed by atoms with van der Waals surface area (Å²) in [5, 5.41) is 5.57. The molecule has 0 fully saturated rings. The summed E-state index contributed by atoms with van der Waals surface area (Å²) in [6.07, 6.45) is -4.51. The lowest BCUT2D eigenvalue weighted by atomic mass is 10.3. The predicted octanol–water partition coefficient (Wildman–Crippen LogP) is 4.51. The SMILES string of the molecule is Cc1ccc(-n2nc(C(F)(F)F)cc2NC(=O)OCC(Cl)(Cl)Cl)cn1. The van der Waals surface area contributed by atoms with Gasteiger partial charge in [0.05, 0.1) is 11.9 Å². The van der Waals surface area contributed by atoms with Gasteiger partial charge in [-0.05, 0) is 19.1 Å². The molecule has 0 aliphatic rings. The van der Waals surface area contributed by atoms with Gasteiger partial charge in [0.1, 0.15) is 12.4 Å². The van der Waals surface area contributed by atoms with Crippen molar-refractivity contribution in [3.63, 3.8) is 0 Å². The van der Waals surface area contributed by atoms with E-state index in [-0.39, 0.29) is 11.5 Å². The van der Waals surface area contributed by atoms with Crippen LogP contribution in [0.5, 0.6) is 0 Å². The average Bonchev–Trinajstić information content (AvgIpc) is 2.89. The number of carbonyl (C=O) groups is 1. The molecule has 1 amide bonds. The summed E-state index contributed by atoms with van der Waals surface area (Å²) in [7, 11) is 0. The Morgan fingerprint density at radius 3 is 2.52 bits per heavy atom. The van der Waals surface area contributed by atoms with E-state index in [9.17, 15) is 18.0 Å². The van der Waals surface area contributed by atoms with Gasteiger partial charge in [-0.2, -0.15) is 18.3 Å². The number of nitrogens with zero attached hydrogens (tertiary/aromatic N) is 3. The zero-order valence-corrected chi connectivity index (χ0v) is 14.7. The number of rotatable bonds is 3. The van der Waals surface area contributed by atoms with E-state index in [1.54, 1.807) is 13.0 Å². The van der Waals surface area contributed by atoms with E-state index in [2.05, 4.69) is 20.1 Å². The fourth-order valence-electron chi connectivity index (χ4n) is 1.68. The van der Waals surface area contributed by atoms with Crippen LogP contribution in [0.15, 0.2) is 24.4 Å². The van der Waals surface area contributed by atoms with Gasteiger partial charge < -0.3 is 4.74 Å². The third kappa shape index (κ3) is 5.65. The van der Waals surface area contributed by atoms with Crippen LogP contribution >= 0.6 is 34.8 Å². The van der Waals surface area contributed by atoms with Crippen molar-refractivity contribution in [3.05, 3.63) is 35.8 Å². The molecule has 0 aliphatic carbocycles. The van der Waals surface area contributed by atoms with Gasteiger partial charge in [0.2, 0.25) is 3.79 Å². The second-order valence-corrected chi connectivity index (χ2v) is 7.31. The van der Waals surface area contributed by atoms with Crippen LogP contribution in [-0.2, 0) is 10.9 Å². The molecular weight excluding hydrogens is 408 g/mol. The summed E-state index contributed by atoms with van der Waals surface area (Å²) in [5.74, 6) is -0.285. The molecular formula is C13H10Cl3F3N4O2. The first-order valence-corrected chi connectivity index (χ1v) is 7.70. The molecule has 0 bridgehead atoms. The number of alkyl halides is 6. The van der Waals surface area contributed by atoms with Gasteiger partial charge in [0, 0.05) is 11.8 Å². The lowest BCUT2D eigenvalue weighted by Crippen LogP contribution is -2.22. The molecule has 0 unspecified atom stereocenters. The summed E-state index contributed by atoms with van der Waals surface area (Å²) in [6, 6.07) is 3.72. The fraction of sp³-hybridized carbons (Fsp3) is 0.308. The molecule has 0 aromatic carbocycles. The highest BCUT2D eigenvalue weighted by atomic mass is 35.6. The lowest BCUT2D eigenvalue weighted by molar-refractivity contribution is -0.141. The molecule has 2 heterocycles. The van der Waals surface area contributed by atoms with Crippen LogP contribution in [-0.4, -0.2) is 31.3 Å². The van der Waals surface area contributed by atoms with E-state index < -0.39 is 28.4 Å².